The van der Waals surface area contributed by atoms with Crippen LogP contribution in [0.2, 0.25) is 0 Å². The third-order valence-corrected chi connectivity index (χ3v) is 5.44. The van der Waals surface area contributed by atoms with Gasteiger partial charge in [-0.15, -0.1) is 0 Å². The van der Waals surface area contributed by atoms with Crippen LogP contribution in [0, 0.1) is 6.92 Å². The van der Waals surface area contributed by atoms with Crippen LogP contribution in [0.1, 0.15) is 45.9 Å². The number of benzene rings is 1. The Hall–Kier alpha value is -3.09. The highest BCUT2D eigenvalue weighted by atomic mass is 16.5. The van der Waals surface area contributed by atoms with Crippen molar-refractivity contribution >= 4 is 5.91 Å². The number of aryl methyl sites for hydroxylation is 3. The predicted octanol–water partition coefficient (Wildman–Crippen LogP) is 2.77. The molecule has 0 fully saturated rings. The van der Waals surface area contributed by atoms with Gasteiger partial charge < -0.3 is 10.1 Å². The van der Waals surface area contributed by atoms with Gasteiger partial charge in [-0.3, -0.25) is 4.79 Å². The lowest BCUT2D eigenvalue weighted by molar-refractivity contribution is 0.0949. The summed E-state index contributed by atoms with van der Waals surface area (Å²) >= 11 is 0. The van der Waals surface area contributed by atoms with Crippen LogP contribution < -0.4 is 10.1 Å². The summed E-state index contributed by atoms with van der Waals surface area (Å²) in [7, 11) is 3.52. The Kier molecular flexibility index (Phi) is 4.90. The van der Waals surface area contributed by atoms with Gasteiger partial charge in [0.15, 0.2) is 5.82 Å². The third-order valence-electron chi connectivity index (χ3n) is 5.44. The minimum atomic E-state index is -0.114. The zero-order chi connectivity index (χ0) is 19.7. The Balaban J connectivity index is 1.54. The van der Waals surface area contributed by atoms with E-state index < -0.39 is 0 Å². The van der Waals surface area contributed by atoms with Gasteiger partial charge >= 0.3 is 0 Å². The minimum absolute atomic E-state index is 0.114. The summed E-state index contributed by atoms with van der Waals surface area (Å²) < 4.78 is 8.72. The number of methoxy groups -OCH3 is 1. The molecule has 28 heavy (non-hydrogen) atoms. The van der Waals surface area contributed by atoms with Gasteiger partial charge in [0.1, 0.15) is 11.3 Å². The van der Waals surface area contributed by atoms with Crippen molar-refractivity contribution in [3.8, 4) is 11.6 Å². The van der Waals surface area contributed by atoms with Crippen LogP contribution in [0.15, 0.2) is 36.7 Å². The van der Waals surface area contributed by atoms with E-state index in [2.05, 4.69) is 27.6 Å². The molecule has 3 aromatic rings. The molecule has 0 bridgehead atoms. The van der Waals surface area contributed by atoms with Crippen molar-refractivity contribution in [3.05, 3.63) is 59.0 Å². The fourth-order valence-electron chi connectivity index (χ4n) is 4.10. The lowest BCUT2D eigenvalue weighted by Crippen LogP contribution is -2.31. The Labute approximate surface area is 164 Å². The minimum Gasteiger partial charge on any atom is -0.497 e. The van der Waals surface area contributed by atoms with Crippen LogP contribution in [-0.2, 0) is 13.5 Å². The van der Waals surface area contributed by atoms with E-state index in [0.717, 1.165) is 25.0 Å². The molecule has 1 aliphatic rings. The maximum atomic E-state index is 13.0. The fourth-order valence-corrected chi connectivity index (χ4v) is 4.10. The molecule has 0 aliphatic heterocycles. The maximum absolute atomic E-state index is 13.0. The quantitative estimate of drug-likeness (QED) is 0.740. The molecule has 1 atom stereocenters. The second kappa shape index (κ2) is 7.50. The summed E-state index contributed by atoms with van der Waals surface area (Å²) in [6, 6.07) is 8.08. The first-order valence-electron chi connectivity index (χ1n) is 9.57. The van der Waals surface area contributed by atoms with Crippen LogP contribution in [0.5, 0.6) is 5.75 Å². The van der Waals surface area contributed by atoms with E-state index in [1.165, 1.54) is 11.1 Å². The molecule has 7 nitrogen and oxygen atoms in total. The van der Waals surface area contributed by atoms with Gasteiger partial charge in [-0.1, -0.05) is 6.07 Å². The number of carbonyl (C=O) groups is 1. The molecule has 1 aliphatic carbocycles. The van der Waals surface area contributed by atoms with E-state index in [0.29, 0.717) is 29.5 Å². The Morgan fingerprint density at radius 3 is 3.00 bits per heavy atom. The number of carbonyl (C=O) groups excluding carboxylic acids is 1. The molecule has 0 saturated heterocycles. The third kappa shape index (κ3) is 3.28. The largest absolute Gasteiger partial charge is 0.497 e. The number of fused-ring (bicyclic) bond motifs is 1. The van der Waals surface area contributed by atoms with Crippen molar-refractivity contribution in [1.29, 1.82) is 0 Å². The highest BCUT2D eigenvalue weighted by Gasteiger charge is 2.25. The Morgan fingerprint density at radius 1 is 1.39 bits per heavy atom. The van der Waals surface area contributed by atoms with E-state index >= 15 is 0 Å². The first-order valence-corrected chi connectivity index (χ1v) is 9.57. The smallest absolute Gasteiger partial charge is 0.257 e. The first kappa shape index (κ1) is 18.3. The molecule has 4 rings (SSSR count). The van der Waals surface area contributed by atoms with E-state index in [1.807, 2.05) is 32.3 Å². The number of rotatable bonds is 5. The Morgan fingerprint density at radius 2 is 2.25 bits per heavy atom. The number of amides is 1. The molecule has 7 heteroatoms. The summed E-state index contributed by atoms with van der Waals surface area (Å²) in [5.41, 5.74) is 3.89. The number of nitrogens with zero attached hydrogens (tertiary/aromatic N) is 4. The lowest BCUT2D eigenvalue weighted by Gasteiger charge is -2.26. The lowest BCUT2D eigenvalue weighted by atomic mass is 9.82. The summed E-state index contributed by atoms with van der Waals surface area (Å²) in [6.45, 7) is 2.45. The number of nitrogens with one attached hydrogen (secondary N) is 1. The van der Waals surface area contributed by atoms with Crippen LogP contribution >= 0.6 is 0 Å². The second-order valence-electron chi connectivity index (χ2n) is 7.22. The molecule has 1 aromatic carbocycles. The van der Waals surface area contributed by atoms with Crippen molar-refractivity contribution in [2.75, 3.05) is 13.7 Å². The zero-order valence-corrected chi connectivity index (χ0v) is 16.5. The fraction of sp³-hybridized carbons (Fsp3) is 0.381. The summed E-state index contributed by atoms with van der Waals surface area (Å²) in [5.74, 6) is 1.76. The summed E-state index contributed by atoms with van der Waals surface area (Å²) in [4.78, 5) is 13.0. The molecule has 0 radical (unpaired) electrons. The standard InChI is InChI=1S/C21H25N5O2/c1-14-19(21(25(2)24-14)26-11-5-10-23-26)20(27)22-13-16-7-4-6-15-12-17(28-3)8-9-18(15)16/h5,8-12,16H,4,6-7,13H2,1-3H3,(H,22,27). The summed E-state index contributed by atoms with van der Waals surface area (Å²) in [6.07, 6.45) is 6.75. The van der Waals surface area contributed by atoms with Crippen molar-refractivity contribution < 1.29 is 9.53 Å². The van der Waals surface area contributed by atoms with Gasteiger partial charge in [0.25, 0.3) is 5.91 Å². The van der Waals surface area contributed by atoms with Gasteiger partial charge in [-0.05, 0) is 55.5 Å². The van der Waals surface area contributed by atoms with Crippen molar-refractivity contribution in [2.24, 2.45) is 7.05 Å². The SMILES string of the molecule is COc1ccc2c(c1)CCCC2CNC(=O)c1c(C)nn(C)c1-n1cccn1. The van der Waals surface area contributed by atoms with E-state index in [9.17, 15) is 4.79 Å². The van der Waals surface area contributed by atoms with E-state index in [-0.39, 0.29) is 5.91 Å². The number of hydrogen-bond donors (Lipinski definition) is 1. The molecule has 146 valence electrons. The molecule has 1 amide bonds. The van der Waals surface area contributed by atoms with Crippen LogP contribution in [-0.4, -0.2) is 39.1 Å². The van der Waals surface area contributed by atoms with Gasteiger partial charge in [-0.25, -0.2) is 9.36 Å². The molecule has 1 unspecified atom stereocenters. The first-order chi connectivity index (χ1) is 13.6. The van der Waals surface area contributed by atoms with Gasteiger partial charge in [0.05, 0.1) is 12.8 Å². The second-order valence-corrected chi connectivity index (χ2v) is 7.22. The topological polar surface area (TPSA) is 74.0 Å². The molecule has 2 aromatic heterocycles. The average Bonchev–Trinajstić information content (AvgIpc) is 3.32. The van der Waals surface area contributed by atoms with Crippen LogP contribution in [0.4, 0.5) is 0 Å². The molecule has 2 heterocycles. The van der Waals surface area contributed by atoms with E-state index in [4.69, 9.17) is 4.74 Å². The monoisotopic (exact) mass is 379 g/mol. The van der Waals surface area contributed by atoms with Crippen molar-refractivity contribution in [3.63, 3.8) is 0 Å². The number of hydrogen-bond acceptors (Lipinski definition) is 4. The molecule has 0 spiro atoms. The van der Waals surface area contributed by atoms with Crippen LogP contribution in [0.3, 0.4) is 0 Å². The van der Waals surface area contributed by atoms with E-state index in [1.54, 1.807) is 22.7 Å². The van der Waals surface area contributed by atoms with Gasteiger partial charge in [0, 0.05) is 31.9 Å². The highest BCUT2D eigenvalue weighted by Crippen LogP contribution is 2.33. The van der Waals surface area contributed by atoms with Crippen molar-refractivity contribution in [1.82, 2.24) is 24.9 Å². The molecular weight excluding hydrogens is 354 g/mol. The van der Waals surface area contributed by atoms with Gasteiger partial charge in [0.2, 0.25) is 0 Å². The van der Waals surface area contributed by atoms with Crippen molar-refractivity contribution in [2.45, 2.75) is 32.1 Å². The number of ether oxygens (including phenoxy) is 1. The number of aromatic nitrogens is 4. The Bertz CT molecular complexity index is 991. The molecule has 0 saturated carbocycles. The summed E-state index contributed by atoms with van der Waals surface area (Å²) in [5, 5.41) is 11.8. The van der Waals surface area contributed by atoms with Crippen LogP contribution in [0.25, 0.3) is 5.82 Å². The molecular formula is C21H25N5O2. The highest BCUT2D eigenvalue weighted by molar-refractivity contribution is 5.98. The normalized spacial score (nSPS) is 15.9. The zero-order valence-electron chi connectivity index (χ0n) is 16.5. The average molecular weight is 379 g/mol. The predicted molar refractivity (Wildman–Crippen MR) is 106 cm³/mol. The maximum Gasteiger partial charge on any atom is 0.257 e. The van der Waals surface area contributed by atoms with Gasteiger partial charge in [-0.2, -0.15) is 10.2 Å². The molecule has 1 N–H and O–H groups in total.